The van der Waals surface area contributed by atoms with Gasteiger partial charge < -0.3 is 14.3 Å². The van der Waals surface area contributed by atoms with E-state index in [1.807, 2.05) is 0 Å². The van der Waals surface area contributed by atoms with E-state index in [0.717, 1.165) is 13.0 Å². The van der Waals surface area contributed by atoms with Crippen molar-refractivity contribution in [3.63, 3.8) is 0 Å². The van der Waals surface area contributed by atoms with Crippen LogP contribution in [0, 0.1) is 5.82 Å². The number of imide groups is 1. The number of aromatic hydroxyl groups is 1. The highest BCUT2D eigenvalue weighted by Gasteiger charge is 2.38. The van der Waals surface area contributed by atoms with Gasteiger partial charge in [-0.05, 0) is 12.1 Å². The first kappa shape index (κ1) is 15.7. The Hall–Kier alpha value is -3.16. The molecule has 24 heavy (non-hydrogen) atoms. The van der Waals surface area contributed by atoms with Crippen molar-refractivity contribution in [1.82, 2.24) is 0 Å². The molecule has 1 aromatic carbocycles. The Labute approximate surface area is 135 Å². The van der Waals surface area contributed by atoms with E-state index in [0.29, 0.717) is 4.90 Å². The standard InChI is InChI=1S/C16H12FNO6/c1-8(19)23-15-13(22)14(9-3-2-4-10(17)7-9)24-16(15)18-11(20)5-6-12(18)21/h2-4,7,22H,5-6H2,1H3. The number of nitrogens with zero attached hydrogens (tertiary/aromatic N) is 1. The Bertz CT molecular complexity index is 840. The number of carbonyl (C=O) groups excluding carboxylic acids is 3. The molecule has 8 heteroatoms. The molecule has 1 fully saturated rings. The molecular formula is C16H12FNO6. The smallest absolute Gasteiger partial charge is 0.308 e. The molecule has 0 radical (unpaired) electrons. The lowest BCUT2D eigenvalue weighted by molar-refractivity contribution is -0.132. The van der Waals surface area contributed by atoms with Crippen molar-refractivity contribution in [2.45, 2.75) is 19.8 Å². The average Bonchev–Trinajstić information content (AvgIpc) is 3.00. The highest BCUT2D eigenvalue weighted by molar-refractivity contribution is 6.20. The quantitative estimate of drug-likeness (QED) is 0.684. The molecule has 1 aliphatic heterocycles. The summed E-state index contributed by atoms with van der Waals surface area (Å²) in [6, 6.07) is 5.14. The second-order valence-electron chi connectivity index (χ2n) is 5.14. The van der Waals surface area contributed by atoms with E-state index in [1.54, 1.807) is 0 Å². The summed E-state index contributed by atoms with van der Waals surface area (Å²) in [6.07, 6.45) is -0.0375. The fourth-order valence-corrected chi connectivity index (χ4v) is 2.41. The lowest BCUT2D eigenvalue weighted by Crippen LogP contribution is -2.28. The Balaban J connectivity index is 2.17. The van der Waals surface area contributed by atoms with Gasteiger partial charge in [0.15, 0.2) is 5.76 Å². The number of hydrogen-bond donors (Lipinski definition) is 1. The number of halogens is 1. The minimum atomic E-state index is -0.780. The van der Waals surface area contributed by atoms with Crippen LogP contribution in [-0.4, -0.2) is 22.9 Å². The van der Waals surface area contributed by atoms with E-state index in [1.165, 1.54) is 18.2 Å². The molecule has 0 spiro atoms. The normalized spacial score (nSPS) is 14.3. The zero-order chi connectivity index (χ0) is 17.4. The maximum atomic E-state index is 13.4. The first-order valence-electron chi connectivity index (χ1n) is 7.04. The van der Waals surface area contributed by atoms with Crippen molar-refractivity contribution in [3.05, 3.63) is 30.1 Å². The summed E-state index contributed by atoms with van der Waals surface area (Å²) in [4.78, 5) is 35.8. The molecule has 1 aromatic heterocycles. The molecule has 2 amide bonds. The number of hydrogen-bond acceptors (Lipinski definition) is 6. The van der Waals surface area contributed by atoms with Gasteiger partial charge in [-0.1, -0.05) is 12.1 Å². The monoisotopic (exact) mass is 333 g/mol. The lowest BCUT2D eigenvalue weighted by atomic mass is 10.1. The molecule has 0 bridgehead atoms. The highest BCUT2D eigenvalue weighted by atomic mass is 19.1. The minimum absolute atomic E-state index is 0.0187. The number of rotatable bonds is 3. The molecule has 1 N–H and O–H groups in total. The van der Waals surface area contributed by atoms with Crippen LogP contribution < -0.4 is 9.64 Å². The molecule has 0 atom stereocenters. The predicted molar refractivity (Wildman–Crippen MR) is 78.8 cm³/mol. The Morgan fingerprint density at radius 3 is 2.54 bits per heavy atom. The van der Waals surface area contributed by atoms with Crippen LogP contribution in [-0.2, 0) is 14.4 Å². The molecule has 1 aliphatic rings. The van der Waals surface area contributed by atoms with E-state index >= 15 is 0 Å². The number of anilines is 1. The van der Waals surface area contributed by atoms with Crippen LogP contribution >= 0.6 is 0 Å². The van der Waals surface area contributed by atoms with Gasteiger partial charge in [-0.2, -0.15) is 0 Å². The number of esters is 1. The van der Waals surface area contributed by atoms with Gasteiger partial charge in [0.2, 0.25) is 23.3 Å². The first-order chi connectivity index (χ1) is 11.4. The Morgan fingerprint density at radius 1 is 1.29 bits per heavy atom. The molecule has 0 saturated carbocycles. The van der Waals surface area contributed by atoms with E-state index in [-0.39, 0.29) is 24.2 Å². The summed E-state index contributed by atoms with van der Waals surface area (Å²) < 4.78 is 23.7. The summed E-state index contributed by atoms with van der Waals surface area (Å²) in [6.45, 7) is 1.09. The molecule has 0 aliphatic carbocycles. The van der Waals surface area contributed by atoms with E-state index in [4.69, 9.17) is 9.15 Å². The first-order valence-corrected chi connectivity index (χ1v) is 7.04. The van der Waals surface area contributed by atoms with Crippen molar-refractivity contribution >= 4 is 23.7 Å². The number of amides is 2. The van der Waals surface area contributed by atoms with Crippen LogP contribution in [0.1, 0.15) is 19.8 Å². The van der Waals surface area contributed by atoms with Crippen molar-refractivity contribution in [2.24, 2.45) is 0 Å². The average molecular weight is 333 g/mol. The van der Waals surface area contributed by atoms with Gasteiger partial charge >= 0.3 is 5.97 Å². The lowest BCUT2D eigenvalue weighted by Gasteiger charge is -2.11. The van der Waals surface area contributed by atoms with Gasteiger partial charge in [0.1, 0.15) is 5.82 Å². The van der Waals surface area contributed by atoms with Crippen LogP contribution in [0.2, 0.25) is 0 Å². The second kappa shape index (κ2) is 5.80. The van der Waals surface area contributed by atoms with E-state index < -0.39 is 41.0 Å². The van der Waals surface area contributed by atoms with Crippen molar-refractivity contribution in [1.29, 1.82) is 0 Å². The van der Waals surface area contributed by atoms with Crippen molar-refractivity contribution in [3.8, 4) is 22.8 Å². The van der Waals surface area contributed by atoms with E-state index in [2.05, 4.69) is 0 Å². The summed E-state index contributed by atoms with van der Waals surface area (Å²) in [5, 5.41) is 10.3. The zero-order valence-electron chi connectivity index (χ0n) is 12.5. The number of furan rings is 1. The van der Waals surface area contributed by atoms with Crippen molar-refractivity contribution in [2.75, 3.05) is 4.90 Å². The summed E-state index contributed by atoms with van der Waals surface area (Å²) in [7, 11) is 0. The fraction of sp³-hybridized carbons (Fsp3) is 0.188. The largest absolute Gasteiger partial charge is 0.502 e. The SMILES string of the molecule is CC(=O)Oc1c(N2C(=O)CCC2=O)oc(-c2cccc(F)c2)c1O. The van der Waals surface area contributed by atoms with Gasteiger partial charge in [-0.25, -0.2) is 9.29 Å². The Morgan fingerprint density at radius 2 is 1.96 bits per heavy atom. The zero-order valence-corrected chi connectivity index (χ0v) is 12.5. The third-order valence-electron chi connectivity index (χ3n) is 3.41. The minimum Gasteiger partial charge on any atom is -0.502 e. The van der Waals surface area contributed by atoms with Crippen LogP contribution in [0.15, 0.2) is 28.7 Å². The molecular weight excluding hydrogens is 321 g/mol. The Kier molecular flexibility index (Phi) is 3.80. The van der Waals surface area contributed by atoms with Crippen LogP contribution in [0.5, 0.6) is 11.5 Å². The predicted octanol–water partition coefficient (Wildman–Crippen LogP) is 2.37. The fourth-order valence-electron chi connectivity index (χ4n) is 2.41. The van der Waals surface area contributed by atoms with E-state index in [9.17, 15) is 23.9 Å². The maximum Gasteiger partial charge on any atom is 0.308 e. The molecule has 3 rings (SSSR count). The number of ether oxygens (including phenoxy) is 1. The number of benzene rings is 1. The maximum absolute atomic E-state index is 13.4. The molecule has 124 valence electrons. The number of carbonyl (C=O) groups is 3. The van der Waals surface area contributed by atoms with Crippen LogP contribution in [0.3, 0.4) is 0 Å². The molecule has 0 unspecified atom stereocenters. The molecule has 1 saturated heterocycles. The van der Waals surface area contributed by atoms with Gasteiger partial charge in [0.05, 0.1) is 0 Å². The van der Waals surface area contributed by atoms with Gasteiger partial charge in [-0.3, -0.25) is 14.4 Å². The van der Waals surface area contributed by atoms with Crippen molar-refractivity contribution < 1.29 is 33.0 Å². The van der Waals surface area contributed by atoms with Gasteiger partial charge in [0, 0.05) is 25.3 Å². The summed E-state index contributed by atoms with van der Waals surface area (Å²) >= 11 is 0. The topological polar surface area (TPSA) is 97.0 Å². The van der Waals surface area contributed by atoms with Crippen LogP contribution in [0.4, 0.5) is 10.3 Å². The molecule has 2 heterocycles. The second-order valence-corrected chi connectivity index (χ2v) is 5.14. The highest BCUT2D eigenvalue weighted by Crippen LogP contribution is 2.48. The third-order valence-corrected chi connectivity index (χ3v) is 3.41. The summed E-state index contributed by atoms with van der Waals surface area (Å²) in [5.41, 5.74) is 0.159. The molecule has 7 nitrogen and oxygen atoms in total. The van der Waals surface area contributed by atoms with Gasteiger partial charge in [0.25, 0.3) is 5.88 Å². The van der Waals surface area contributed by atoms with Crippen LogP contribution in [0.25, 0.3) is 11.3 Å². The van der Waals surface area contributed by atoms with Gasteiger partial charge in [-0.15, -0.1) is 0 Å². The molecule has 2 aromatic rings. The third kappa shape index (κ3) is 2.62. The summed E-state index contributed by atoms with van der Waals surface area (Å²) in [5.74, 6) is -4.11.